The summed E-state index contributed by atoms with van der Waals surface area (Å²) in [6.07, 6.45) is 1.28. The van der Waals surface area contributed by atoms with Crippen LogP contribution in [0.4, 0.5) is 5.69 Å². The molecule has 0 aromatic heterocycles. The van der Waals surface area contributed by atoms with Crippen LogP contribution in [0.25, 0.3) is 0 Å². The number of halogens is 1. The fraction of sp³-hybridized carbons (Fsp3) is 0.400. The maximum absolute atomic E-state index is 5.32. The van der Waals surface area contributed by atoms with Crippen molar-refractivity contribution in [3.63, 3.8) is 0 Å². The van der Waals surface area contributed by atoms with Gasteiger partial charge in [0.25, 0.3) is 0 Å². The summed E-state index contributed by atoms with van der Waals surface area (Å²) >= 11 is 3.54. The van der Waals surface area contributed by atoms with Crippen molar-refractivity contribution in [2.75, 3.05) is 19.0 Å². The number of hydrogen-bond acceptors (Lipinski definition) is 2. The second kappa shape index (κ2) is 3.68. The van der Waals surface area contributed by atoms with Crippen molar-refractivity contribution in [1.29, 1.82) is 0 Å². The van der Waals surface area contributed by atoms with Crippen LogP contribution < -0.4 is 5.32 Å². The first-order chi connectivity index (χ1) is 6.31. The predicted octanol–water partition coefficient (Wildman–Crippen LogP) is 2.43. The summed E-state index contributed by atoms with van der Waals surface area (Å²) in [4.78, 5) is 0. The van der Waals surface area contributed by atoms with Gasteiger partial charge in [0.2, 0.25) is 0 Å². The van der Waals surface area contributed by atoms with Gasteiger partial charge in [-0.25, -0.2) is 0 Å². The lowest BCUT2D eigenvalue weighted by Crippen LogP contribution is -2.29. The summed E-state index contributed by atoms with van der Waals surface area (Å²) in [5, 5.41) is 3.35. The standard InChI is InChI=1S/C10H12BrNO/c1-13-7-5-8-9(11)3-2-4-10(8)12-6-7/h2-4,7,12H,5-6H2,1H3. The average molecular weight is 242 g/mol. The first kappa shape index (κ1) is 9.03. The number of methoxy groups -OCH3 is 1. The van der Waals surface area contributed by atoms with Crippen molar-refractivity contribution >= 4 is 21.6 Å². The molecule has 1 aromatic rings. The van der Waals surface area contributed by atoms with E-state index in [1.807, 2.05) is 6.07 Å². The Morgan fingerprint density at radius 1 is 1.54 bits per heavy atom. The van der Waals surface area contributed by atoms with Crippen LogP contribution in [-0.4, -0.2) is 19.8 Å². The number of hydrogen-bond donors (Lipinski definition) is 1. The fourth-order valence-corrected chi connectivity index (χ4v) is 2.15. The molecule has 13 heavy (non-hydrogen) atoms. The van der Waals surface area contributed by atoms with E-state index in [-0.39, 0.29) is 0 Å². The summed E-state index contributed by atoms with van der Waals surface area (Å²) in [5.74, 6) is 0. The van der Waals surface area contributed by atoms with Gasteiger partial charge < -0.3 is 10.1 Å². The Bertz CT molecular complexity index is 314. The third kappa shape index (κ3) is 1.71. The molecule has 1 N–H and O–H groups in total. The normalized spacial score (nSPS) is 20.6. The Hall–Kier alpha value is -0.540. The average Bonchev–Trinajstić information content (AvgIpc) is 2.18. The van der Waals surface area contributed by atoms with Crippen molar-refractivity contribution < 1.29 is 4.74 Å². The Morgan fingerprint density at radius 3 is 3.15 bits per heavy atom. The van der Waals surface area contributed by atoms with E-state index < -0.39 is 0 Å². The molecule has 1 aliphatic heterocycles. The zero-order valence-corrected chi connectivity index (χ0v) is 9.10. The third-order valence-electron chi connectivity index (χ3n) is 2.40. The van der Waals surface area contributed by atoms with E-state index in [0.717, 1.165) is 13.0 Å². The van der Waals surface area contributed by atoms with Crippen molar-refractivity contribution in [1.82, 2.24) is 0 Å². The summed E-state index contributed by atoms with van der Waals surface area (Å²) in [6, 6.07) is 6.22. The van der Waals surface area contributed by atoms with E-state index in [4.69, 9.17) is 4.74 Å². The highest BCUT2D eigenvalue weighted by molar-refractivity contribution is 9.10. The minimum Gasteiger partial charge on any atom is -0.382 e. The molecule has 3 heteroatoms. The molecule has 0 bridgehead atoms. The van der Waals surface area contributed by atoms with Gasteiger partial charge in [-0.1, -0.05) is 22.0 Å². The van der Waals surface area contributed by atoms with Gasteiger partial charge in [-0.15, -0.1) is 0 Å². The smallest absolute Gasteiger partial charge is 0.0784 e. The predicted molar refractivity (Wildman–Crippen MR) is 57.1 cm³/mol. The van der Waals surface area contributed by atoms with Crippen molar-refractivity contribution in [3.8, 4) is 0 Å². The van der Waals surface area contributed by atoms with Gasteiger partial charge in [0.05, 0.1) is 6.10 Å². The molecule has 0 aliphatic carbocycles. The Balaban J connectivity index is 2.32. The minimum absolute atomic E-state index is 0.297. The van der Waals surface area contributed by atoms with Gasteiger partial charge in [-0.2, -0.15) is 0 Å². The summed E-state index contributed by atoms with van der Waals surface area (Å²) < 4.78 is 6.49. The summed E-state index contributed by atoms with van der Waals surface area (Å²) in [6.45, 7) is 0.903. The molecular formula is C10H12BrNO. The van der Waals surface area contributed by atoms with Gasteiger partial charge in [-0.3, -0.25) is 0 Å². The molecule has 1 atom stereocenters. The topological polar surface area (TPSA) is 21.3 Å². The first-order valence-corrected chi connectivity index (χ1v) is 5.14. The Morgan fingerprint density at radius 2 is 2.38 bits per heavy atom. The molecule has 0 amide bonds. The highest BCUT2D eigenvalue weighted by atomic mass is 79.9. The molecule has 70 valence electrons. The van der Waals surface area contributed by atoms with Crippen LogP contribution in [0.15, 0.2) is 22.7 Å². The number of anilines is 1. The molecule has 0 radical (unpaired) electrons. The van der Waals surface area contributed by atoms with Crippen LogP contribution in [0.1, 0.15) is 5.56 Å². The fourth-order valence-electron chi connectivity index (χ4n) is 1.62. The van der Waals surface area contributed by atoms with E-state index in [1.54, 1.807) is 7.11 Å². The number of rotatable bonds is 1. The molecule has 1 aromatic carbocycles. The second-order valence-electron chi connectivity index (χ2n) is 3.21. The lowest BCUT2D eigenvalue weighted by Gasteiger charge is -2.25. The number of ether oxygens (including phenoxy) is 1. The lowest BCUT2D eigenvalue weighted by molar-refractivity contribution is 0.111. The maximum Gasteiger partial charge on any atom is 0.0784 e. The highest BCUT2D eigenvalue weighted by Crippen LogP contribution is 2.29. The number of nitrogens with one attached hydrogen (secondary N) is 1. The van der Waals surface area contributed by atoms with Crippen molar-refractivity contribution in [3.05, 3.63) is 28.2 Å². The lowest BCUT2D eigenvalue weighted by atomic mass is 10.0. The molecule has 0 spiro atoms. The SMILES string of the molecule is COC1CNc2cccc(Br)c2C1. The molecule has 0 saturated carbocycles. The van der Waals surface area contributed by atoms with E-state index in [1.165, 1.54) is 15.7 Å². The Kier molecular flexibility index (Phi) is 2.56. The maximum atomic E-state index is 5.32. The Labute approximate surface area is 86.4 Å². The van der Waals surface area contributed by atoms with Gasteiger partial charge in [0.1, 0.15) is 0 Å². The van der Waals surface area contributed by atoms with Crippen molar-refractivity contribution in [2.24, 2.45) is 0 Å². The third-order valence-corrected chi connectivity index (χ3v) is 3.15. The number of benzene rings is 1. The van der Waals surface area contributed by atoms with Gasteiger partial charge in [0.15, 0.2) is 0 Å². The van der Waals surface area contributed by atoms with E-state index in [9.17, 15) is 0 Å². The highest BCUT2D eigenvalue weighted by Gasteiger charge is 2.18. The molecular weight excluding hydrogens is 230 g/mol. The van der Waals surface area contributed by atoms with Crippen LogP contribution >= 0.6 is 15.9 Å². The quantitative estimate of drug-likeness (QED) is 0.816. The van der Waals surface area contributed by atoms with E-state index in [2.05, 4.69) is 33.4 Å². The van der Waals surface area contributed by atoms with Crippen LogP contribution in [-0.2, 0) is 11.2 Å². The molecule has 2 nitrogen and oxygen atoms in total. The zero-order chi connectivity index (χ0) is 9.26. The molecule has 2 rings (SSSR count). The van der Waals surface area contributed by atoms with Gasteiger partial charge in [0, 0.05) is 30.2 Å². The molecule has 1 aliphatic rings. The van der Waals surface area contributed by atoms with Crippen LogP contribution in [0.2, 0.25) is 0 Å². The zero-order valence-electron chi connectivity index (χ0n) is 7.51. The van der Waals surface area contributed by atoms with E-state index >= 15 is 0 Å². The summed E-state index contributed by atoms with van der Waals surface area (Å²) in [5.41, 5.74) is 2.54. The molecule has 0 fully saturated rings. The summed E-state index contributed by atoms with van der Waals surface area (Å²) in [7, 11) is 1.76. The molecule has 0 saturated heterocycles. The minimum atomic E-state index is 0.297. The van der Waals surface area contributed by atoms with Gasteiger partial charge >= 0.3 is 0 Å². The first-order valence-electron chi connectivity index (χ1n) is 4.35. The molecule has 1 unspecified atom stereocenters. The van der Waals surface area contributed by atoms with E-state index in [0.29, 0.717) is 6.10 Å². The second-order valence-corrected chi connectivity index (χ2v) is 4.06. The largest absolute Gasteiger partial charge is 0.382 e. The van der Waals surface area contributed by atoms with Crippen LogP contribution in [0, 0.1) is 0 Å². The van der Waals surface area contributed by atoms with Crippen LogP contribution in [0.3, 0.4) is 0 Å². The monoisotopic (exact) mass is 241 g/mol. The molecule has 1 heterocycles. The van der Waals surface area contributed by atoms with Crippen LogP contribution in [0.5, 0.6) is 0 Å². The van der Waals surface area contributed by atoms with Gasteiger partial charge in [-0.05, 0) is 17.7 Å². The number of fused-ring (bicyclic) bond motifs is 1. The van der Waals surface area contributed by atoms with Crippen molar-refractivity contribution in [2.45, 2.75) is 12.5 Å².